The standard InChI is InChI=1S/C11H17N3O2/c1-11(2)8(6-9(11)15)13-10(16)5-7-3-4-12-14-7/h3-4,8-9,15H,5-6H2,1-2H3,(H,12,14)(H,13,16). The average Bonchev–Trinajstić information content (AvgIpc) is 2.70. The second kappa shape index (κ2) is 3.90. The predicted molar refractivity (Wildman–Crippen MR) is 58.6 cm³/mol. The molecule has 1 amide bonds. The van der Waals surface area contributed by atoms with Gasteiger partial charge in [0.25, 0.3) is 0 Å². The molecule has 0 aromatic carbocycles. The molecule has 1 heterocycles. The van der Waals surface area contributed by atoms with Crippen LogP contribution in [0.2, 0.25) is 0 Å². The van der Waals surface area contributed by atoms with E-state index in [1.165, 1.54) is 0 Å². The number of aromatic amines is 1. The Labute approximate surface area is 94.2 Å². The Kier molecular flexibility index (Phi) is 2.71. The third-order valence-electron chi connectivity index (χ3n) is 3.46. The first kappa shape index (κ1) is 11.1. The Bertz CT molecular complexity index is 373. The minimum absolute atomic E-state index is 0.0331. The fourth-order valence-electron chi connectivity index (χ4n) is 1.95. The Morgan fingerprint density at radius 1 is 1.75 bits per heavy atom. The van der Waals surface area contributed by atoms with E-state index in [0.717, 1.165) is 5.69 Å². The molecule has 16 heavy (non-hydrogen) atoms. The third kappa shape index (κ3) is 1.95. The summed E-state index contributed by atoms with van der Waals surface area (Å²) in [5.74, 6) is -0.0331. The molecule has 0 radical (unpaired) electrons. The maximum absolute atomic E-state index is 11.7. The van der Waals surface area contributed by atoms with Crippen LogP contribution in [0.5, 0.6) is 0 Å². The van der Waals surface area contributed by atoms with Gasteiger partial charge in [-0.25, -0.2) is 0 Å². The van der Waals surface area contributed by atoms with Crippen LogP contribution >= 0.6 is 0 Å². The zero-order chi connectivity index (χ0) is 11.8. The number of aliphatic hydroxyl groups is 1. The highest BCUT2D eigenvalue weighted by atomic mass is 16.3. The van der Waals surface area contributed by atoms with Crippen molar-refractivity contribution in [1.82, 2.24) is 15.5 Å². The van der Waals surface area contributed by atoms with E-state index >= 15 is 0 Å². The van der Waals surface area contributed by atoms with E-state index < -0.39 is 0 Å². The van der Waals surface area contributed by atoms with Crippen LogP contribution in [-0.4, -0.2) is 33.4 Å². The van der Waals surface area contributed by atoms with Crippen LogP contribution in [0.15, 0.2) is 12.3 Å². The van der Waals surface area contributed by atoms with Crippen LogP contribution in [-0.2, 0) is 11.2 Å². The highest BCUT2D eigenvalue weighted by Gasteiger charge is 2.47. The number of aliphatic hydroxyl groups excluding tert-OH is 1. The molecular formula is C11H17N3O2. The van der Waals surface area contributed by atoms with Crippen LogP contribution in [0.1, 0.15) is 26.0 Å². The number of rotatable bonds is 3. The van der Waals surface area contributed by atoms with Gasteiger partial charge in [0.1, 0.15) is 0 Å². The van der Waals surface area contributed by atoms with E-state index in [9.17, 15) is 9.90 Å². The normalized spacial score (nSPS) is 27.2. The molecule has 2 unspecified atom stereocenters. The van der Waals surface area contributed by atoms with Crippen LogP contribution in [0.3, 0.4) is 0 Å². The van der Waals surface area contributed by atoms with Crippen molar-refractivity contribution < 1.29 is 9.90 Å². The number of carbonyl (C=O) groups is 1. The van der Waals surface area contributed by atoms with Crippen LogP contribution in [0.25, 0.3) is 0 Å². The van der Waals surface area contributed by atoms with E-state index in [4.69, 9.17) is 0 Å². The number of hydrogen-bond donors (Lipinski definition) is 3. The molecule has 1 aliphatic carbocycles. The van der Waals surface area contributed by atoms with Crippen molar-refractivity contribution >= 4 is 5.91 Å². The van der Waals surface area contributed by atoms with Crippen molar-refractivity contribution in [2.24, 2.45) is 5.41 Å². The number of nitrogens with zero attached hydrogens (tertiary/aromatic N) is 1. The number of hydrogen-bond acceptors (Lipinski definition) is 3. The summed E-state index contributed by atoms with van der Waals surface area (Å²) in [4.78, 5) is 11.7. The largest absolute Gasteiger partial charge is 0.392 e. The van der Waals surface area contributed by atoms with Gasteiger partial charge in [0.05, 0.1) is 12.5 Å². The van der Waals surface area contributed by atoms with E-state index in [1.54, 1.807) is 12.3 Å². The van der Waals surface area contributed by atoms with Gasteiger partial charge in [0.15, 0.2) is 0 Å². The molecule has 0 spiro atoms. The van der Waals surface area contributed by atoms with E-state index in [0.29, 0.717) is 12.8 Å². The summed E-state index contributed by atoms with van der Waals surface area (Å²) in [5.41, 5.74) is 0.582. The summed E-state index contributed by atoms with van der Waals surface area (Å²) in [6.07, 6.45) is 2.26. The number of amides is 1. The molecule has 3 N–H and O–H groups in total. The lowest BCUT2D eigenvalue weighted by molar-refractivity contribution is -0.128. The molecule has 88 valence electrons. The number of carbonyl (C=O) groups excluding carboxylic acids is 1. The van der Waals surface area contributed by atoms with Crippen molar-refractivity contribution in [3.8, 4) is 0 Å². The molecule has 5 heteroatoms. The lowest BCUT2D eigenvalue weighted by Gasteiger charge is -2.49. The Balaban J connectivity index is 1.85. The molecule has 1 aromatic heterocycles. The first-order chi connectivity index (χ1) is 7.50. The van der Waals surface area contributed by atoms with Gasteiger partial charge in [-0.1, -0.05) is 13.8 Å². The van der Waals surface area contributed by atoms with Gasteiger partial charge < -0.3 is 10.4 Å². The lowest BCUT2D eigenvalue weighted by atomic mass is 9.64. The Hall–Kier alpha value is -1.36. The number of nitrogens with one attached hydrogen (secondary N) is 2. The van der Waals surface area contributed by atoms with Gasteiger partial charge in [-0.05, 0) is 12.5 Å². The number of H-pyrrole nitrogens is 1. The third-order valence-corrected chi connectivity index (χ3v) is 3.46. The Morgan fingerprint density at radius 3 is 3.00 bits per heavy atom. The van der Waals surface area contributed by atoms with Crippen molar-refractivity contribution in [3.63, 3.8) is 0 Å². The fourth-order valence-corrected chi connectivity index (χ4v) is 1.95. The topological polar surface area (TPSA) is 78.0 Å². The fraction of sp³-hybridized carbons (Fsp3) is 0.636. The molecule has 1 saturated carbocycles. The van der Waals surface area contributed by atoms with Gasteiger partial charge in [-0.2, -0.15) is 5.10 Å². The molecule has 5 nitrogen and oxygen atoms in total. The Morgan fingerprint density at radius 2 is 2.50 bits per heavy atom. The number of aromatic nitrogens is 2. The summed E-state index contributed by atoms with van der Waals surface area (Å²) < 4.78 is 0. The summed E-state index contributed by atoms with van der Waals surface area (Å²) in [7, 11) is 0. The molecule has 2 atom stereocenters. The van der Waals surface area contributed by atoms with E-state index in [2.05, 4.69) is 15.5 Å². The van der Waals surface area contributed by atoms with Gasteiger partial charge >= 0.3 is 0 Å². The minimum atomic E-state index is -0.315. The van der Waals surface area contributed by atoms with Crippen LogP contribution in [0.4, 0.5) is 0 Å². The second-order valence-corrected chi connectivity index (χ2v) is 4.95. The van der Waals surface area contributed by atoms with Crippen molar-refractivity contribution in [1.29, 1.82) is 0 Å². The maximum atomic E-state index is 11.7. The van der Waals surface area contributed by atoms with Crippen LogP contribution < -0.4 is 5.32 Å². The zero-order valence-electron chi connectivity index (χ0n) is 9.53. The molecule has 1 aromatic rings. The zero-order valence-corrected chi connectivity index (χ0v) is 9.53. The van der Waals surface area contributed by atoms with Crippen molar-refractivity contribution in [2.45, 2.75) is 38.8 Å². The predicted octanol–water partition coefficient (Wildman–Crippen LogP) is 0.228. The summed E-state index contributed by atoms with van der Waals surface area (Å²) in [6, 6.07) is 1.85. The summed E-state index contributed by atoms with van der Waals surface area (Å²) >= 11 is 0. The highest BCUT2D eigenvalue weighted by Crippen LogP contribution is 2.40. The second-order valence-electron chi connectivity index (χ2n) is 4.95. The smallest absolute Gasteiger partial charge is 0.226 e. The quantitative estimate of drug-likeness (QED) is 0.686. The van der Waals surface area contributed by atoms with Crippen LogP contribution in [0, 0.1) is 5.41 Å². The molecular weight excluding hydrogens is 206 g/mol. The summed E-state index contributed by atoms with van der Waals surface area (Å²) in [6.45, 7) is 3.92. The lowest BCUT2D eigenvalue weighted by Crippen LogP contribution is -2.61. The van der Waals surface area contributed by atoms with Crippen molar-refractivity contribution in [2.75, 3.05) is 0 Å². The SMILES string of the molecule is CC1(C)C(O)CC1NC(=O)Cc1ccn[nH]1. The molecule has 1 fully saturated rings. The monoisotopic (exact) mass is 223 g/mol. The van der Waals surface area contributed by atoms with Gasteiger partial charge in [-0.15, -0.1) is 0 Å². The minimum Gasteiger partial charge on any atom is -0.392 e. The van der Waals surface area contributed by atoms with Gasteiger partial charge in [0, 0.05) is 23.3 Å². The average molecular weight is 223 g/mol. The van der Waals surface area contributed by atoms with Gasteiger partial charge in [0.2, 0.25) is 5.91 Å². The van der Waals surface area contributed by atoms with E-state index in [1.807, 2.05) is 13.8 Å². The highest BCUT2D eigenvalue weighted by molar-refractivity contribution is 5.78. The molecule has 0 aliphatic heterocycles. The molecule has 0 bridgehead atoms. The van der Waals surface area contributed by atoms with Gasteiger partial charge in [-0.3, -0.25) is 9.89 Å². The molecule has 2 rings (SSSR count). The molecule has 0 saturated heterocycles. The van der Waals surface area contributed by atoms with Crippen molar-refractivity contribution in [3.05, 3.63) is 18.0 Å². The molecule has 1 aliphatic rings. The first-order valence-corrected chi connectivity index (χ1v) is 5.46. The maximum Gasteiger partial charge on any atom is 0.226 e. The first-order valence-electron chi connectivity index (χ1n) is 5.46. The summed E-state index contributed by atoms with van der Waals surface area (Å²) in [5, 5.41) is 19.0. The van der Waals surface area contributed by atoms with E-state index in [-0.39, 0.29) is 23.5 Å².